The van der Waals surface area contributed by atoms with E-state index in [0.717, 1.165) is 34.5 Å². The van der Waals surface area contributed by atoms with Gasteiger partial charge in [0, 0.05) is 18.7 Å². The first-order valence-corrected chi connectivity index (χ1v) is 8.09. The molecular formula is C19H22N2O3. The number of amides is 2. The highest BCUT2D eigenvalue weighted by Crippen LogP contribution is 2.28. The van der Waals surface area contributed by atoms with Gasteiger partial charge in [-0.15, -0.1) is 0 Å². The Bertz CT molecular complexity index is 758. The third-order valence-corrected chi connectivity index (χ3v) is 4.32. The van der Waals surface area contributed by atoms with Crippen molar-refractivity contribution in [2.75, 3.05) is 18.5 Å². The topological polar surface area (TPSA) is 70.6 Å². The summed E-state index contributed by atoms with van der Waals surface area (Å²) in [5.74, 6) is 0.881. The van der Waals surface area contributed by atoms with Gasteiger partial charge in [-0.2, -0.15) is 0 Å². The van der Waals surface area contributed by atoms with Crippen LogP contribution in [0.2, 0.25) is 0 Å². The van der Waals surface area contributed by atoms with E-state index in [4.69, 9.17) is 4.74 Å². The van der Waals surface area contributed by atoms with Crippen LogP contribution in [0.3, 0.4) is 0 Å². The van der Waals surface area contributed by atoms with Gasteiger partial charge < -0.3 is 20.5 Å². The quantitative estimate of drug-likeness (QED) is 0.808. The number of fused-ring (bicyclic) bond motifs is 1. The van der Waals surface area contributed by atoms with Crippen LogP contribution in [0.5, 0.6) is 5.75 Å². The molecule has 0 spiro atoms. The van der Waals surface area contributed by atoms with Crippen molar-refractivity contribution in [2.45, 2.75) is 26.4 Å². The van der Waals surface area contributed by atoms with Gasteiger partial charge >= 0.3 is 6.03 Å². The molecule has 2 aromatic rings. The molecule has 0 aliphatic carbocycles. The average Bonchev–Trinajstić information content (AvgIpc) is 3.03. The molecule has 0 saturated heterocycles. The average molecular weight is 326 g/mol. The Balaban J connectivity index is 1.54. The second-order valence-corrected chi connectivity index (χ2v) is 6.12. The number of aliphatic hydroxyl groups excluding tert-OH is 1. The van der Waals surface area contributed by atoms with E-state index >= 15 is 0 Å². The summed E-state index contributed by atoms with van der Waals surface area (Å²) in [5.41, 5.74) is 4.92. The lowest BCUT2D eigenvalue weighted by molar-refractivity contribution is 0.175. The van der Waals surface area contributed by atoms with Crippen molar-refractivity contribution >= 4 is 11.7 Å². The van der Waals surface area contributed by atoms with Gasteiger partial charge in [0.15, 0.2) is 0 Å². The molecule has 0 fully saturated rings. The largest absolute Gasteiger partial charge is 0.493 e. The molecule has 5 heteroatoms. The summed E-state index contributed by atoms with van der Waals surface area (Å²) in [6.07, 6.45) is 0.109. The Morgan fingerprint density at radius 2 is 2.04 bits per heavy atom. The monoisotopic (exact) mass is 326 g/mol. The maximum absolute atomic E-state index is 12.0. The fourth-order valence-electron chi connectivity index (χ4n) is 2.72. The number of benzene rings is 2. The molecule has 0 aromatic heterocycles. The molecule has 0 bridgehead atoms. The maximum atomic E-state index is 12.0. The van der Waals surface area contributed by atoms with Gasteiger partial charge in [0.25, 0.3) is 0 Å². The van der Waals surface area contributed by atoms with Crippen molar-refractivity contribution in [3.63, 3.8) is 0 Å². The Morgan fingerprint density at radius 3 is 2.83 bits per heavy atom. The van der Waals surface area contributed by atoms with E-state index in [2.05, 4.69) is 10.6 Å². The van der Waals surface area contributed by atoms with Gasteiger partial charge in [0.05, 0.1) is 12.7 Å². The second kappa shape index (κ2) is 6.93. The second-order valence-electron chi connectivity index (χ2n) is 6.12. The zero-order valence-electron chi connectivity index (χ0n) is 13.9. The number of hydrogen-bond donors (Lipinski definition) is 3. The number of carbonyl (C=O) groups excluding carboxylic acids is 1. The predicted octanol–water partition coefficient (Wildman–Crippen LogP) is 3.09. The van der Waals surface area contributed by atoms with Crippen LogP contribution >= 0.6 is 0 Å². The molecule has 5 nitrogen and oxygen atoms in total. The van der Waals surface area contributed by atoms with Gasteiger partial charge in [0.1, 0.15) is 5.75 Å². The molecule has 3 rings (SSSR count). The van der Waals surface area contributed by atoms with Crippen LogP contribution in [-0.4, -0.2) is 24.3 Å². The van der Waals surface area contributed by atoms with Crippen molar-refractivity contribution in [1.82, 2.24) is 5.32 Å². The summed E-state index contributed by atoms with van der Waals surface area (Å²) in [7, 11) is 0. The molecule has 2 amide bonds. The molecule has 24 heavy (non-hydrogen) atoms. The number of carbonyl (C=O) groups is 1. The molecule has 2 aromatic carbocycles. The van der Waals surface area contributed by atoms with Crippen molar-refractivity contribution < 1.29 is 14.6 Å². The van der Waals surface area contributed by atoms with Crippen LogP contribution in [0.25, 0.3) is 0 Å². The van der Waals surface area contributed by atoms with Gasteiger partial charge in [-0.05, 0) is 60.4 Å². The Kier molecular flexibility index (Phi) is 4.71. The lowest BCUT2D eigenvalue weighted by Gasteiger charge is -2.14. The number of aryl methyl sites for hydroxylation is 2. The molecule has 0 radical (unpaired) electrons. The number of anilines is 1. The molecule has 1 aliphatic rings. The van der Waals surface area contributed by atoms with Gasteiger partial charge in [0.2, 0.25) is 0 Å². The first-order chi connectivity index (χ1) is 11.5. The molecule has 1 aliphatic heterocycles. The number of rotatable bonds is 4. The number of ether oxygens (including phenoxy) is 1. The third-order valence-electron chi connectivity index (χ3n) is 4.32. The first-order valence-electron chi connectivity index (χ1n) is 8.09. The number of nitrogens with one attached hydrogen (secondary N) is 2. The van der Waals surface area contributed by atoms with Gasteiger partial charge in [-0.25, -0.2) is 4.79 Å². The summed E-state index contributed by atoms with van der Waals surface area (Å²) in [4.78, 5) is 12.0. The minimum Gasteiger partial charge on any atom is -0.493 e. The fourth-order valence-corrected chi connectivity index (χ4v) is 2.72. The lowest BCUT2D eigenvalue weighted by Crippen LogP contribution is -2.32. The SMILES string of the molecule is Cc1ccc(NC(=O)NCC(O)c2ccc3c(c2)CCO3)cc1C. The number of aliphatic hydroxyl groups is 1. The van der Waals surface area contributed by atoms with Crippen LogP contribution in [0.1, 0.15) is 28.4 Å². The zero-order valence-corrected chi connectivity index (χ0v) is 13.9. The van der Waals surface area contributed by atoms with E-state index in [0.29, 0.717) is 6.61 Å². The molecule has 126 valence electrons. The van der Waals surface area contributed by atoms with Crippen molar-refractivity contribution in [2.24, 2.45) is 0 Å². The highest BCUT2D eigenvalue weighted by Gasteiger charge is 2.16. The molecule has 3 N–H and O–H groups in total. The molecule has 1 unspecified atom stereocenters. The van der Waals surface area contributed by atoms with Crippen molar-refractivity contribution in [3.05, 3.63) is 58.7 Å². The van der Waals surface area contributed by atoms with Gasteiger partial charge in [-0.1, -0.05) is 12.1 Å². The van der Waals surface area contributed by atoms with Crippen LogP contribution in [0.15, 0.2) is 36.4 Å². The summed E-state index contributed by atoms with van der Waals surface area (Å²) in [5, 5.41) is 15.7. The fraction of sp³-hybridized carbons (Fsp3) is 0.316. The Morgan fingerprint density at radius 1 is 1.21 bits per heavy atom. The minimum absolute atomic E-state index is 0.149. The third kappa shape index (κ3) is 3.68. The Labute approximate surface area is 141 Å². The molecule has 0 saturated carbocycles. The highest BCUT2D eigenvalue weighted by atomic mass is 16.5. The summed E-state index contributed by atoms with van der Waals surface area (Å²) in [6.45, 7) is 4.86. The van der Waals surface area contributed by atoms with Crippen LogP contribution in [0, 0.1) is 13.8 Å². The van der Waals surface area contributed by atoms with E-state index in [9.17, 15) is 9.90 Å². The number of hydrogen-bond acceptors (Lipinski definition) is 3. The summed E-state index contributed by atoms with van der Waals surface area (Å²) in [6, 6.07) is 11.1. The van der Waals surface area contributed by atoms with Crippen LogP contribution < -0.4 is 15.4 Å². The van der Waals surface area contributed by atoms with Crippen LogP contribution in [-0.2, 0) is 6.42 Å². The van der Waals surface area contributed by atoms with E-state index < -0.39 is 6.10 Å². The van der Waals surface area contributed by atoms with Gasteiger partial charge in [-0.3, -0.25) is 0 Å². The van der Waals surface area contributed by atoms with E-state index in [-0.39, 0.29) is 12.6 Å². The first kappa shape index (κ1) is 16.3. The molecular weight excluding hydrogens is 304 g/mol. The summed E-state index contributed by atoms with van der Waals surface area (Å²) < 4.78 is 5.45. The maximum Gasteiger partial charge on any atom is 0.319 e. The Hall–Kier alpha value is -2.53. The smallest absolute Gasteiger partial charge is 0.319 e. The summed E-state index contributed by atoms with van der Waals surface area (Å²) >= 11 is 0. The predicted molar refractivity (Wildman–Crippen MR) is 93.5 cm³/mol. The normalized spacial score (nSPS) is 13.8. The van der Waals surface area contributed by atoms with E-state index in [1.165, 1.54) is 5.56 Å². The molecule has 1 heterocycles. The molecule has 1 atom stereocenters. The number of urea groups is 1. The van der Waals surface area contributed by atoms with E-state index in [1.807, 2.05) is 50.2 Å². The highest BCUT2D eigenvalue weighted by molar-refractivity contribution is 5.89. The van der Waals surface area contributed by atoms with Crippen LogP contribution in [0.4, 0.5) is 10.5 Å². The minimum atomic E-state index is -0.749. The van der Waals surface area contributed by atoms with Crippen molar-refractivity contribution in [1.29, 1.82) is 0 Å². The standard InChI is InChI=1S/C19H22N2O3/c1-12-3-5-16(9-13(12)2)21-19(23)20-11-17(22)14-4-6-18-15(10-14)7-8-24-18/h3-6,9-10,17,22H,7-8,11H2,1-2H3,(H2,20,21,23). The van der Waals surface area contributed by atoms with E-state index in [1.54, 1.807) is 0 Å². The zero-order chi connectivity index (χ0) is 17.1. The van der Waals surface area contributed by atoms with Crippen molar-refractivity contribution in [3.8, 4) is 5.75 Å². The lowest BCUT2D eigenvalue weighted by atomic mass is 10.0.